The van der Waals surface area contributed by atoms with Crippen molar-refractivity contribution in [3.63, 3.8) is 0 Å². The molecule has 2 unspecified atom stereocenters. The number of anilines is 1. The zero-order valence-electron chi connectivity index (χ0n) is 16.5. The zero-order valence-corrected chi connectivity index (χ0v) is 16.5. The number of ether oxygens (including phenoxy) is 1. The molecule has 0 radical (unpaired) electrons. The van der Waals surface area contributed by atoms with Crippen LogP contribution in [0.3, 0.4) is 0 Å². The topological polar surface area (TPSA) is 100 Å². The van der Waals surface area contributed by atoms with Crippen molar-refractivity contribution in [1.82, 2.24) is 24.7 Å². The van der Waals surface area contributed by atoms with Crippen molar-refractivity contribution in [1.29, 1.82) is 0 Å². The van der Waals surface area contributed by atoms with Gasteiger partial charge in [0, 0.05) is 50.3 Å². The van der Waals surface area contributed by atoms with Gasteiger partial charge < -0.3 is 14.6 Å². The van der Waals surface area contributed by atoms with Gasteiger partial charge in [0.1, 0.15) is 11.4 Å². The standard InChI is InChI=1S/C19H24N6O3/c1-11-15(12(2)28-23-11)9-20-17-8-18(22-25(4)19(17)26)27-10-13-7-14(13)16-5-6-24(3)21-16/h5-6,8,13-14,20H,7,9-10H2,1-4H3. The predicted molar refractivity (Wildman–Crippen MR) is 102 cm³/mol. The van der Waals surface area contributed by atoms with Crippen LogP contribution in [0.4, 0.5) is 5.69 Å². The van der Waals surface area contributed by atoms with Gasteiger partial charge in [-0.15, -0.1) is 5.10 Å². The molecule has 1 fully saturated rings. The molecule has 0 aliphatic heterocycles. The molecule has 0 saturated heterocycles. The maximum absolute atomic E-state index is 12.4. The second-order valence-electron chi connectivity index (χ2n) is 7.31. The Morgan fingerprint density at radius 2 is 2.14 bits per heavy atom. The van der Waals surface area contributed by atoms with Crippen LogP contribution < -0.4 is 15.6 Å². The fraction of sp³-hybridized carbons (Fsp3) is 0.474. The maximum atomic E-state index is 12.4. The number of nitrogens with one attached hydrogen (secondary N) is 1. The van der Waals surface area contributed by atoms with Gasteiger partial charge in [0.25, 0.3) is 5.56 Å². The van der Waals surface area contributed by atoms with Crippen LogP contribution in [-0.2, 0) is 20.6 Å². The average molecular weight is 384 g/mol. The lowest BCUT2D eigenvalue weighted by molar-refractivity contribution is 0.278. The van der Waals surface area contributed by atoms with Crippen LogP contribution in [0.2, 0.25) is 0 Å². The first kappa shape index (κ1) is 18.3. The van der Waals surface area contributed by atoms with Crippen molar-refractivity contribution in [2.45, 2.75) is 32.7 Å². The number of hydrogen-bond donors (Lipinski definition) is 1. The van der Waals surface area contributed by atoms with E-state index in [4.69, 9.17) is 9.26 Å². The van der Waals surface area contributed by atoms with E-state index in [1.165, 1.54) is 4.68 Å². The Kier molecular flexibility index (Phi) is 4.66. The molecular weight excluding hydrogens is 360 g/mol. The van der Waals surface area contributed by atoms with E-state index in [0.717, 1.165) is 29.1 Å². The number of rotatable bonds is 7. The third-order valence-electron chi connectivity index (χ3n) is 5.16. The highest BCUT2D eigenvalue weighted by Gasteiger charge is 2.40. The normalized spacial score (nSPS) is 18.3. The number of nitrogens with zero attached hydrogens (tertiary/aromatic N) is 5. The molecule has 9 heteroatoms. The van der Waals surface area contributed by atoms with Gasteiger partial charge in [0.05, 0.1) is 18.0 Å². The van der Waals surface area contributed by atoms with Gasteiger partial charge in [-0.25, -0.2) is 4.68 Å². The van der Waals surface area contributed by atoms with Crippen LogP contribution in [0.25, 0.3) is 0 Å². The third kappa shape index (κ3) is 3.64. The van der Waals surface area contributed by atoms with E-state index in [9.17, 15) is 4.79 Å². The van der Waals surface area contributed by atoms with Gasteiger partial charge in [0.2, 0.25) is 5.88 Å². The fourth-order valence-electron chi connectivity index (χ4n) is 3.33. The molecule has 0 bridgehead atoms. The summed E-state index contributed by atoms with van der Waals surface area (Å²) in [5, 5.41) is 15.8. The maximum Gasteiger partial charge on any atom is 0.290 e. The van der Waals surface area contributed by atoms with E-state index in [-0.39, 0.29) is 5.56 Å². The van der Waals surface area contributed by atoms with E-state index in [1.54, 1.807) is 13.1 Å². The Bertz CT molecular complexity index is 1030. The summed E-state index contributed by atoms with van der Waals surface area (Å²) in [5.74, 6) is 2.02. The van der Waals surface area contributed by atoms with Gasteiger partial charge in [-0.05, 0) is 26.3 Å². The number of hydrogen-bond acceptors (Lipinski definition) is 7. The minimum absolute atomic E-state index is 0.211. The molecule has 1 saturated carbocycles. The molecule has 1 aliphatic carbocycles. The highest BCUT2D eigenvalue weighted by molar-refractivity contribution is 5.44. The highest BCUT2D eigenvalue weighted by atomic mass is 16.5. The Labute approximate surface area is 162 Å². The minimum atomic E-state index is -0.211. The van der Waals surface area contributed by atoms with E-state index >= 15 is 0 Å². The molecule has 0 amide bonds. The smallest absolute Gasteiger partial charge is 0.290 e. The van der Waals surface area contributed by atoms with Crippen LogP contribution in [0.15, 0.2) is 27.6 Å². The second-order valence-corrected chi connectivity index (χ2v) is 7.31. The lowest BCUT2D eigenvalue weighted by atomic mass is 10.2. The molecule has 0 spiro atoms. The average Bonchev–Trinajstić information content (AvgIpc) is 3.20. The molecule has 4 rings (SSSR count). The van der Waals surface area contributed by atoms with Crippen LogP contribution in [-0.4, -0.2) is 31.3 Å². The second kappa shape index (κ2) is 7.14. The van der Waals surface area contributed by atoms with E-state index in [2.05, 4.69) is 20.7 Å². The quantitative estimate of drug-likeness (QED) is 0.664. The highest BCUT2D eigenvalue weighted by Crippen LogP contribution is 2.46. The Morgan fingerprint density at radius 3 is 2.82 bits per heavy atom. The Balaban J connectivity index is 1.40. The Morgan fingerprint density at radius 1 is 1.32 bits per heavy atom. The van der Waals surface area contributed by atoms with Crippen molar-refractivity contribution in [3.05, 3.63) is 51.4 Å². The molecule has 1 aliphatic rings. The summed E-state index contributed by atoms with van der Waals surface area (Å²) in [5.41, 5.74) is 3.08. The molecule has 0 aromatic carbocycles. The third-order valence-corrected chi connectivity index (χ3v) is 5.16. The van der Waals surface area contributed by atoms with E-state index in [0.29, 0.717) is 36.6 Å². The lowest BCUT2D eigenvalue weighted by Gasteiger charge is -2.10. The Hall–Kier alpha value is -3.10. The zero-order chi connectivity index (χ0) is 19.8. The van der Waals surface area contributed by atoms with E-state index < -0.39 is 0 Å². The van der Waals surface area contributed by atoms with Gasteiger partial charge in [-0.1, -0.05) is 5.16 Å². The molecule has 28 heavy (non-hydrogen) atoms. The van der Waals surface area contributed by atoms with Crippen LogP contribution in [0, 0.1) is 19.8 Å². The molecule has 3 aromatic heterocycles. The van der Waals surface area contributed by atoms with Gasteiger partial charge in [-0.3, -0.25) is 9.48 Å². The van der Waals surface area contributed by atoms with Crippen LogP contribution >= 0.6 is 0 Å². The first-order valence-electron chi connectivity index (χ1n) is 9.28. The van der Waals surface area contributed by atoms with Crippen molar-refractivity contribution in [2.75, 3.05) is 11.9 Å². The van der Waals surface area contributed by atoms with Crippen LogP contribution in [0.1, 0.15) is 35.1 Å². The van der Waals surface area contributed by atoms with Gasteiger partial charge in [0.15, 0.2) is 0 Å². The summed E-state index contributed by atoms with van der Waals surface area (Å²) in [6.45, 7) is 4.73. The summed E-state index contributed by atoms with van der Waals surface area (Å²) in [6.07, 6.45) is 3.01. The van der Waals surface area contributed by atoms with Crippen molar-refractivity contribution < 1.29 is 9.26 Å². The monoisotopic (exact) mass is 384 g/mol. The summed E-state index contributed by atoms with van der Waals surface area (Å²) in [4.78, 5) is 12.4. The van der Waals surface area contributed by atoms with Crippen LogP contribution in [0.5, 0.6) is 5.88 Å². The minimum Gasteiger partial charge on any atom is -0.476 e. The molecule has 3 heterocycles. The largest absolute Gasteiger partial charge is 0.476 e. The van der Waals surface area contributed by atoms with Crippen molar-refractivity contribution >= 4 is 5.69 Å². The first-order chi connectivity index (χ1) is 13.4. The molecule has 9 nitrogen and oxygen atoms in total. The van der Waals surface area contributed by atoms with Gasteiger partial charge in [-0.2, -0.15) is 5.10 Å². The summed E-state index contributed by atoms with van der Waals surface area (Å²) in [6, 6.07) is 3.70. The fourth-order valence-corrected chi connectivity index (χ4v) is 3.33. The summed E-state index contributed by atoms with van der Waals surface area (Å²) < 4.78 is 14.1. The SMILES string of the molecule is Cc1noc(C)c1CNc1cc(OCC2CC2c2ccn(C)n2)nn(C)c1=O. The summed E-state index contributed by atoms with van der Waals surface area (Å²) in [7, 11) is 3.53. The van der Waals surface area contributed by atoms with Crippen molar-refractivity contribution in [2.24, 2.45) is 20.0 Å². The van der Waals surface area contributed by atoms with Gasteiger partial charge >= 0.3 is 0 Å². The van der Waals surface area contributed by atoms with E-state index in [1.807, 2.05) is 37.8 Å². The summed E-state index contributed by atoms with van der Waals surface area (Å²) >= 11 is 0. The van der Waals surface area contributed by atoms with Crippen molar-refractivity contribution in [3.8, 4) is 5.88 Å². The molecule has 3 aromatic rings. The number of aromatic nitrogens is 5. The lowest BCUT2D eigenvalue weighted by Crippen LogP contribution is -2.24. The molecule has 1 N–H and O–H groups in total. The molecule has 2 atom stereocenters. The molecule has 148 valence electrons. The first-order valence-corrected chi connectivity index (χ1v) is 9.28. The predicted octanol–water partition coefficient (Wildman–Crippen LogP) is 1.91. The number of aryl methyl sites for hydroxylation is 4. The molecular formula is C19H24N6O3.